The van der Waals surface area contributed by atoms with E-state index in [1.165, 1.54) is 16.2 Å². The number of hydrogen-bond acceptors (Lipinski definition) is 5. The van der Waals surface area contributed by atoms with Crippen LogP contribution in [0.15, 0.2) is 65.8 Å². The Bertz CT molecular complexity index is 1070. The van der Waals surface area contributed by atoms with Gasteiger partial charge in [-0.1, -0.05) is 29.8 Å². The molecule has 1 N–H and O–H groups in total. The van der Waals surface area contributed by atoms with Gasteiger partial charge in [0.15, 0.2) is 0 Å². The highest BCUT2D eigenvalue weighted by Crippen LogP contribution is 2.34. The minimum Gasteiger partial charge on any atom is -0.350 e. The van der Waals surface area contributed by atoms with Crippen LogP contribution in [0.5, 0.6) is 0 Å². The zero-order valence-corrected chi connectivity index (χ0v) is 16.4. The highest BCUT2D eigenvalue weighted by atomic mass is 32.1. The zero-order chi connectivity index (χ0) is 19.7. The molecule has 2 amide bonds. The average molecular weight is 389 g/mol. The number of carbonyl (C=O) groups is 2. The van der Waals surface area contributed by atoms with E-state index in [2.05, 4.69) is 10.3 Å². The summed E-state index contributed by atoms with van der Waals surface area (Å²) in [5, 5.41) is 5.12. The molecule has 0 aliphatic carbocycles. The Hall–Kier alpha value is -3.25. The number of carbonyl (C=O) groups excluding carboxylic acids is 2. The van der Waals surface area contributed by atoms with Crippen molar-refractivity contribution in [3.8, 4) is 0 Å². The summed E-state index contributed by atoms with van der Waals surface area (Å²) in [4.78, 5) is 32.6. The van der Waals surface area contributed by atoms with Gasteiger partial charge in [-0.05, 0) is 49.1 Å². The molecule has 140 valence electrons. The molecule has 1 aliphatic rings. The van der Waals surface area contributed by atoms with Crippen LogP contribution in [0.25, 0.3) is 5.57 Å². The van der Waals surface area contributed by atoms with Crippen LogP contribution in [-0.4, -0.2) is 21.7 Å². The lowest BCUT2D eigenvalue weighted by atomic mass is 10.1. The standard InChI is InChI=1S/C22H19N3O2S/c1-14-8-9-17(15(2)12-14)24-20-19(18-7-5-11-28-18)21(26)25(22(20)27)13-16-6-3-4-10-23-16/h3-12,24H,13H2,1-2H3. The van der Waals surface area contributed by atoms with Crippen LogP contribution >= 0.6 is 11.3 Å². The molecule has 3 aromatic rings. The third kappa shape index (κ3) is 3.34. The fraction of sp³-hybridized carbons (Fsp3) is 0.136. The van der Waals surface area contributed by atoms with Gasteiger partial charge in [-0.2, -0.15) is 0 Å². The third-order valence-corrected chi connectivity index (χ3v) is 5.51. The molecular weight excluding hydrogens is 370 g/mol. The fourth-order valence-corrected chi connectivity index (χ4v) is 4.00. The first-order chi connectivity index (χ1) is 13.5. The van der Waals surface area contributed by atoms with Crippen LogP contribution in [0, 0.1) is 13.8 Å². The van der Waals surface area contributed by atoms with Crippen molar-refractivity contribution in [1.82, 2.24) is 9.88 Å². The molecule has 5 nitrogen and oxygen atoms in total. The zero-order valence-electron chi connectivity index (χ0n) is 15.6. The van der Waals surface area contributed by atoms with Crippen LogP contribution < -0.4 is 5.32 Å². The van der Waals surface area contributed by atoms with Gasteiger partial charge in [0.25, 0.3) is 11.8 Å². The quantitative estimate of drug-likeness (QED) is 0.666. The normalized spacial score (nSPS) is 14.1. The van der Waals surface area contributed by atoms with Gasteiger partial charge in [0.05, 0.1) is 17.8 Å². The van der Waals surface area contributed by atoms with Crippen molar-refractivity contribution >= 4 is 34.4 Å². The summed E-state index contributed by atoms with van der Waals surface area (Å²) in [6.45, 7) is 4.14. The largest absolute Gasteiger partial charge is 0.350 e. The van der Waals surface area contributed by atoms with E-state index >= 15 is 0 Å². The lowest BCUT2D eigenvalue weighted by molar-refractivity contribution is -0.137. The molecule has 1 aromatic carbocycles. The van der Waals surface area contributed by atoms with E-state index in [0.717, 1.165) is 21.7 Å². The molecule has 2 aromatic heterocycles. The second-order valence-electron chi connectivity index (χ2n) is 6.69. The first-order valence-corrected chi connectivity index (χ1v) is 9.81. The van der Waals surface area contributed by atoms with Crippen molar-refractivity contribution in [2.75, 3.05) is 5.32 Å². The Kier molecular flexibility index (Phi) is 4.79. The van der Waals surface area contributed by atoms with Crippen molar-refractivity contribution in [3.63, 3.8) is 0 Å². The van der Waals surface area contributed by atoms with Gasteiger partial charge in [0.1, 0.15) is 5.70 Å². The summed E-state index contributed by atoms with van der Waals surface area (Å²) < 4.78 is 0. The number of benzene rings is 1. The SMILES string of the molecule is Cc1ccc(NC2=C(c3cccs3)C(=O)N(Cc3ccccn3)C2=O)c(C)c1. The number of nitrogens with zero attached hydrogens (tertiary/aromatic N) is 2. The molecule has 1 aliphatic heterocycles. The minimum atomic E-state index is -0.334. The molecule has 6 heteroatoms. The van der Waals surface area contributed by atoms with E-state index in [-0.39, 0.29) is 18.4 Å². The topological polar surface area (TPSA) is 62.3 Å². The summed E-state index contributed by atoms with van der Waals surface area (Å²) in [6.07, 6.45) is 1.66. The molecule has 0 bridgehead atoms. The summed E-state index contributed by atoms with van der Waals surface area (Å²) in [6, 6.07) is 15.1. The van der Waals surface area contributed by atoms with Gasteiger partial charge in [-0.3, -0.25) is 19.5 Å². The van der Waals surface area contributed by atoms with Crippen molar-refractivity contribution in [1.29, 1.82) is 0 Å². The van der Waals surface area contributed by atoms with E-state index in [0.29, 0.717) is 17.0 Å². The monoisotopic (exact) mass is 389 g/mol. The number of anilines is 1. The Balaban J connectivity index is 1.73. The lowest BCUT2D eigenvalue weighted by Crippen LogP contribution is -2.32. The second kappa shape index (κ2) is 7.40. The smallest absolute Gasteiger partial charge is 0.278 e. The number of thiophene rings is 1. The second-order valence-corrected chi connectivity index (χ2v) is 7.64. The highest BCUT2D eigenvalue weighted by Gasteiger charge is 2.39. The molecule has 0 saturated heterocycles. The molecule has 0 fully saturated rings. The molecule has 0 saturated carbocycles. The molecule has 0 spiro atoms. The average Bonchev–Trinajstić information content (AvgIpc) is 3.28. The van der Waals surface area contributed by atoms with E-state index in [1.807, 2.05) is 55.6 Å². The van der Waals surface area contributed by atoms with Crippen LogP contribution in [0.3, 0.4) is 0 Å². The maximum atomic E-state index is 13.2. The van der Waals surface area contributed by atoms with Gasteiger partial charge in [0.2, 0.25) is 0 Å². The van der Waals surface area contributed by atoms with Crippen LogP contribution in [0.2, 0.25) is 0 Å². The van der Waals surface area contributed by atoms with Crippen molar-refractivity contribution < 1.29 is 9.59 Å². The van der Waals surface area contributed by atoms with Gasteiger partial charge in [-0.15, -0.1) is 11.3 Å². The predicted molar refractivity (Wildman–Crippen MR) is 111 cm³/mol. The van der Waals surface area contributed by atoms with Gasteiger partial charge < -0.3 is 5.32 Å². The first-order valence-electron chi connectivity index (χ1n) is 8.93. The van der Waals surface area contributed by atoms with E-state index in [1.54, 1.807) is 18.3 Å². The van der Waals surface area contributed by atoms with E-state index in [9.17, 15) is 9.59 Å². The van der Waals surface area contributed by atoms with Gasteiger partial charge in [-0.25, -0.2) is 0 Å². The van der Waals surface area contributed by atoms with Gasteiger partial charge >= 0.3 is 0 Å². The summed E-state index contributed by atoms with van der Waals surface area (Å²) >= 11 is 1.44. The first kappa shape index (κ1) is 18.1. The van der Waals surface area contributed by atoms with E-state index < -0.39 is 0 Å². The summed E-state index contributed by atoms with van der Waals surface area (Å²) in [7, 11) is 0. The molecule has 4 rings (SSSR count). The van der Waals surface area contributed by atoms with Crippen LogP contribution in [0.1, 0.15) is 21.7 Å². The molecule has 0 radical (unpaired) electrons. The van der Waals surface area contributed by atoms with E-state index in [4.69, 9.17) is 0 Å². The number of aromatic nitrogens is 1. The molecular formula is C22H19N3O2S. The summed E-state index contributed by atoms with van der Waals surface area (Å²) in [5.41, 5.74) is 4.37. The minimum absolute atomic E-state index is 0.144. The molecule has 28 heavy (non-hydrogen) atoms. The molecule has 0 atom stereocenters. The number of aryl methyl sites for hydroxylation is 2. The maximum Gasteiger partial charge on any atom is 0.278 e. The maximum absolute atomic E-state index is 13.2. The number of amides is 2. The van der Waals surface area contributed by atoms with Crippen molar-refractivity contribution in [3.05, 3.63) is 87.5 Å². The fourth-order valence-electron chi connectivity index (χ4n) is 3.23. The number of pyridine rings is 1. The summed E-state index contributed by atoms with van der Waals surface area (Å²) in [5.74, 6) is -0.635. The number of rotatable bonds is 5. The predicted octanol–water partition coefficient (Wildman–Crippen LogP) is 4.15. The Morgan fingerprint density at radius 1 is 1.04 bits per heavy atom. The Labute approximate surface area is 167 Å². The lowest BCUT2D eigenvalue weighted by Gasteiger charge is -2.15. The van der Waals surface area contributed by atoms with Crippen molar-refractivity contribution in [2.45, 2.75) is 20.4 Å². The molecule has 0 unspecified atom stereocenters. The van der Waals surface area contributed by atoms with Gasteiger partial charge in [0, 0.05) is 16.8 Å². The number of imide groups is 1. The number of nitrogens with one attached hydrogen (secondary N) is 1. The van der Waals surface area contributed by atoms with Crippen LogP contribution in [-0.2, 0) is 16.1 Å². The number of hydrogen-bond donors (Lipinski definition) is 1. The Morgan fingerprint density at radius 3 is 2.57 bits per heavy atom. The Morgan fingerprint density at radius 2 is 1.89 bits per heavy atom. The molecule has 3 heterocycles. The third-order valence-electron chi connectivity index (χ3n) is 4.62. The van der Waals surface area contributed by atoms with Crippen LogP contribution in [0.4, 0.5) is 5.69 Å². The van der Waals surface area contributed by atoms with Crippen molar-refractivity contribution in [2.24, 2.45) is 0 Å². The highest BCUT2D eigenvalue weighted by molar-refractivity contribution is 7.11.